The number of carbonyl (C=O) groups is 2. The van der Waals surface area contributed by atoms with Crippen molar-refractivity contribution in [3.63, 3.8) is 0 Å². The molecule has 6 nitrogen and oxygen atoms in total. The first-order chi connectivity index (χ1) is 12.4. The summed E-state index contributed by atoms with van der Waals surface area (Å²) in [5, 5.41) is 2.60. The summed E-state index contributed by atoms with van der Waals surface area (Å²) in [4.78, 5) is 23.2. The van der Waals surface area contributed by atoms with Crippen molar-refractivity contribution < 1.29 is 23.8 Å². The van der Waals surface area contributed by atoms with Crippen molar-refractivity contribution in [2.24, 2.45) is 0 Å². The number of hydrogen-bond donors (Lipinski definition) is 1. The molecule has 0 spiro atoms. The van der Waals surface area contributed by atoms with E-state index in [2.05, 4.69) is 5.32 Å². The van der Waals surface area contributed by atoms with Gasteiger partial charge in [-0.1, -0.05) is 18.2 Å². The van der Waals surface area contributed by atoms with Crippen molar-refractivity contribution in [2.45, 2.75) is 26.3 Å². The van der Waals surface area contributed by atoms with Gasteiger partial charge < -0.3 is 19.5 Å². The summed E-state index contributed by atoms with van der Waals surface area (Å²) in [5.41, 5.74) is 1.73. The molecular weight excluding hydrogens is 334 g/mol. The van der Waals surface area contributed by atoms with Gasteiger partial charge in [-0.05, 0) is 36.8 Å². The highest BCUT2D eigenvalue weighted by molar-refractivity contribution is 5.83. The average Bonchev–Trinajstić information content (AvgIpc) is 2.62. The summed E-state index contributed by atoms with van der Waals surface area (Å²) in [6, 6.07) is 12.2. The molecule has 0 fully saturated rings. The van der Waals surface area contributed by atoms with Gasteiger partial charge in [0.2, 0.25) is 5.91 Å². The van der Waals surface area contributed by atoms with Gasteiger partial charge in [-0.25, -0.2) is 4.79 Å². The highest BCUT2D eigenvalue weighted by Crippen LogP contribution is 2.31. The van der Waals surface area contributed by atoms with E-state index in [-0.39, 0.29) is 5.91 Å². The minimum absolute atomic E-state index is 0.292. The van der Waals surface area contributed by atoms with Gasteiger partial charge in [-0.2, -0.15) is 0 Å². The molecule has 0 aliphatic rings. The molecular formula is C20H23NO5. The number of hydrogen-bond acceptors (Lipinski definition) is 5. The fourth-order valence-corrected chi connectivity index (χ4v) is 2.61. The summed E-state index contributed by atoms with van der Waals surface area (Å²) in [7, 11) is 2.91. The van der Waals surface area contributed by atoms with Gasteiger partial charge in [0.25, 0.3) is 0 Å². The molecule has 0 heterocycles. The molecule has 1 amide bonds. The number of methoxy groups -OCH3 is 2. The fraction of sp³-hybridized carbons (Fsp3) is 0.300. The molecule has 0 bridgehead atoms. The molecule has 0 aliphatic heterocycles. The molecule has 6 heteroatoms. The van der Waals surface area contributed by atoms with Crippen LogP contribution in [-0.4, -0.2) is 32.1 Å². The topological polar surface area (TPSA) is 73.9 Å². The van der Waals surface area contributed by atoms with Crippen LogP contribution >= 0.6 is 0 Å². The van der Waals surface area contributed by atoms with E-state index in [1.165, 1.54) is 14.0 Å². The molecule has 0 aromatic heterocycles. The van der Waals surface area contributed by atoms with Gasteiger partial charge in [0.15, 0.2) is 0 Å². The van der Waals surface area contributed by atoms with Crippen LogP contribution in [-0.2, 0) is 20.7 Å². The van der Waals surface area contributed by atoms with Crippen LogP contribution in [0.2, 0.25) is 0 Å². The molecule has 2 rings (SSSR count). The van der Waals surface area contributed by atoms with Crippen molar-refractivity contribution in [3.05, 3.63) is 53.6 Å². The summed E-state index contributed by atoms with van der Waals surface area (Å²) >= 11 is 0. The van der Waals surface area contributed by atoms with E-state index >= 15 is 0 Å². The van der Waals surface area contributed by atoms with E-state index < -0.39 is 12.0 Å². The normalized spacial score (nSPS) is 11.4. The fourth-order valence-electron chi connectivity index (χ4n) is 2.61. The first kappa shape index (κ1) is 19.3. The highest BCUT2D eigenvalue weighted by atomic mass is 16.5. The maximum atomic E-state index is 11.9. The first-order valence-electron chi connectivity index (χ1n) is 8.20. The zero-order valence-corrected chi connectivity index (χ0v) is 15.4. The Morgan fingerprint density at radius 3 is 2.42 bits per heavy atom. The third-order valence-corrected chi connectivity index (χ3v) is 3.88. The van der Waals surface area contributed by atoms with E-state index in [0.717, 1.165) is 16.9 Å². The molecule has 138 valence electrons. The standard InChI is InChI=1S/C20H23NO5/c1-13-18(24-3)9-6-10-19(13)26-16-8-5-7-15(11-16)12-17(20(23)25-4)21-14(2)22/h5-11,17H,12H2,1-4H3,(H,21,22)/t17-/m0/s1. The highest BCUT2D eigenvalue weighted by Gasteiger charge is 2.20. The van der Waals surface area contributed by atoms with E-state index in [4.69, 9.17) is 14.2 Å². The molecule has 2 aromatic rings. The third kappa shape index (κ3) is 4.99. The molecule has 26 heavy (non-hydrogen) atoms. The smallest absolute Gasteiger partial charge is 0.328 e. The van der Waals surface area contributed by atoms with Gasteiger partial charge in [0.05, 0.1) is 14.2 Å². The van der Waals surface area contributed by atoms with E-state index in [9.17, 15) is 9.59 Å². The van der Waals surface area contributed by atoms with Gasteiger partial charge in [-0.15, -0.1) is 0 Å². The van der Waals surface area contributed by atoms with E-state index in [1.54, 1.807) is 7.11 Å². The van der Waals surface area contributed by atoms with Crippen molar-refractivity contribution in [1.82, 2.24) is 5.32 Å². The Morgan fingerprint density at radius 2 is 1.77 bits per heavy atom. The van der Waals surface area contributed by atoms with Crippen LogP contribution in [0.4, 0.5) is 0 Å². The van der Waals surface area contributed by atoms with Crippen LogP contribution < -0.4 is 14.8 Å². The van der Waals surface area contributed by atoms with E-state index in [0.29, 0.717) is 17.9 Å². The second-order valence-electron chi connectivity index (χ2n) is 5.81. The molecule has 0 unspecified atom stereocenters. The lowest BCUT2D eigenvalue weighted by atomic mass is 10.1. The Hall–Kier alpha value is -3.02. The number of carbonyl (C=O) groups excluding carboxylic acids is 2. The molecule has 0 radical (unpaired) electrons. The maximum Gasteiger partial charge on any atom is 0.328 e. The second-order valence-corrected chi connectivity index (χ2v) is 5.81. The number of esters is 1. The molecule has 0 saturated heterocycles. The quantitative estimate of drug-likeness (QED) is 0.771. The van der Waals surface area contributed by atoms with Gasteiger partial charge in [0.1, 0.15) is 23.3 Å². The lowest BCUT2D eigenvalue weighted by Crippen LogP contribution is -2.41. The summed E-state index contributed by atoms with van der Waals surface area (Å²) in [6.07, 6.45) is 0.306. The zero-order valence-electron chi connectivity index (χ0n) is 15.4. The predicted octanol–water partition coefficient (Wildman–Crippen LogP) is 3.02. The largest absolute Gasteiger partial charge is 0.496 e. The Labute approximate surface area is 153 Å². The maximum absolute atomic E-state index is 11.9. The lowest BCUT2D eigenvalue weighted by molar-refractivity contribution is -0.144. The lowest BCUT2D eigenvalue weighted by Gasteiger charge is -2.16. The van der Waals surface area contributed by atoms with E-state index in [1.807, 2.05) is 49.4 Å². The van der Waals surface area contributed by atoms with Crippen molar-refractivity contribution in [2.75, 3.05) is 14.2 Å². The van der Waals surface area contributed by atoms with Crippen LogP contribution in [0, 0.1) is 6.92 Å². The second kappa shape index (κ2) is 8.89. The molecule has 1 atom stereocenters. The number of nitrogens with one attached hydrogen (secondary N) is 1. The van der Waals surface area contributed by atoms with Crippen LogP contribution in [0.3, 0.4) is 0 Å². The van der Waals surface area contributed by atoms with Crippen molar-refractivity contribution in [1.29, 1.82) is 0 Å². The summed E-state index contributed by atoms with van der Waals surface area (Å²) in [6.45, 7) is 3.28. The van der Waals surface area contributed by atoms with Crippen molar-refractivity contribution >= 4 is 11.9 Å². The summed E-state index contributed by atoms with van der Waals surface area (Å²) in [5.74, 6) is 1.28. The minimum atomic E-state index is -0.744. The van der Waals surface area contributed by atoms with Gasteiger partial charge in [-0.3, -0.25) is 4.79 Å². The van der Waals surface area contributed by atoms with Crippen LogP contribution in [0.1, 0.15) is 18.1 Å². The van der Waals surface area contributed by atoms with Crippen molar-refractivity contribution in [3.8, 4) is 17.2 Å². The Kier molecular flexibility index (Phi) is 6.60. The Morgan fingerprint density at radius 1 is 1.08 bits per heavy atom. The summed E-state index contributed by atoms with van der Waals surface area (Å²) < 4.78 is 16.0. The Balaban J connectivity index is 2.19. The molecule has 0 aliphatic carbocycles. The predicted molar refractivity (Wildman–Crippen MR) is 97.6 cm³/mol. The molecule has 1 N–H and O–H groups in total. The number of rotatable bonds is 7. The molecule has 0 saturated carbocycles. The first-order valence-corrected chi connectivity index (χ1v) is 8.20. The monoisotopic (exact) mass is 357 g/mol. The van der Waals surface area contributed by atoms with Crippen LogP contribution in [0.5, 0.6) is 17.2 Å². The zero-order chi connectivity index (χ0) is 19.1. The minimum Gasteiger partial charge on any atom is -0.496 e. The molecule has 2 aromatic carbocycles. The Bertz CT molecular complexity index is 788. The average molecular weight is 357 g/mol. The van der Waals surface area contributed by atoms with Gasteiger partial charge >= 0.3 is 5.97 Å². The van der Waals surface area contributed by atoms with Crippen LogP contribution in [0.15, 0.2) is 42.5 Å². The number of ether oxygens (including phenoxy) is 3. The third-order valence-electron chi connectivity index (χ3n) is 3.88. The SMILES string of the molecule is COC(=O)[C@H](Cc1cccc(Oc2cccc(OC)c2C)c1)NC(C)=O. The number of amides is 1. The van der Waals surface area contributed by atoms with Gasteiger partial charge in [0, 0.05) is 18.9 Å². The van der Waals surface area contributed by atoms with Crippen LogP contribution in [0.25, 0.3) is 0 Å². The number of benzene rings is 2.